The summed E-state index contributed by atoms with van der Waals surface area (Å²) in [5.41, 5.74) is -1.08. The van der Waals surface area contributed by atoms with Crippen molar-refractivity contribution in [2.45, 2.75) is 26.2 Å². The number of nitrogens with zero attached hydrogens (tertiary/aromatic N) is 2. The maximum absolute atomic E-state index is 13.8. The number of halogens is 8. The van der Waals surface area contributed by atoms with Crippen LogP contribution in [0.4, 0.5) is 36.4 Å². The molecule has 0 fully saturated rings. The molecular weight excluding hydrogens is 415 g/mol. The molecule has 0 bridgehead atoms. The molecule has 1 unspecified atom stereocenters. The van der Waals surface area contributed by atoms with Crippen LogP contribution in [0.3, 0.4) is 0 Å². The SMILES string of the molecule is CC=C1C(C)C(C(F)(F)F)(C(F)(F)F)C(C#N)=C(N)N1c1ccc(F)c(Cl)c1. The standard InChI is InChI=1S/C17H13ClF7N3/c1-3-13-8(2)15(16(20,21)22,17(23,24)25)10(7-26)14(27)28(13)9-4-5-12(19)11(18)6-9/h3-6,8H,27H2,1-2H3. The summed E-state index contributed by atoms with van der Waals surface area (Å²) in [6.45, 7) is 1.93. The highest BCUT2D eigenvalue weighted by atomic mass is 35.5. The molecule has 1 heterocycles. The average molecular weight is 428 g/mol. The lowest BCUT2D eigenvalue weighted by Gasteiger charge is -2.49. The Labute approximate surface area is 160 Å². The van der Waals surface area contributed by atoms with Crippen LogP contribution in [0.5, 0.6) is 0 Å². The molecule has 1 atom stereocenters. The van der Waals surface area contributed by atoms with E-state index in [4.69, 9.17) is 17.3 Å². The first-order chi connectivity index (χ1) is 12.8. The lowest BCUT2D eigenvalue weighted by atomic mass is 9.65. The molecule has 0 saturated heterocycles. The Balaban J connectivity index is 2.96. The lowest BCUT2D eigenvalue weighted by molar-refractivity contribution is -0.337. The molecule has 1 aliphatic rings. The van der Waals surface area contributed by atoms with E-state index in [0.717, 1.165) is 35.2 Å². The van der Waals surface area contributed by atoms with Crippen molar-refractivity contribution in [2.24, 2.45) is 17.1 Å². The normalized spacial score (nSPS) is 21.8. The average Bonchev–Trinajstić information content (AvgIpc) is 2.56. The van der Waals surface area contributed by atoms with Gasteiger partial charge in [-0.1, -0.05) is 24.6 Å². The lowest BCUT2D eigenvalue weighted by Crippen LogP contribution is -2.60. The highest BCUT2D eigenvalue weighted by Gasteiger charge is 2.77. The Kier molecular flexibility index (Phi) is 5.38. The van der Waals surface area contributed by atoms with Crippen LogP contribution in [0.15, 0.2) is 41.4 Å². The van der Waals surface area contributed by atoms with Gasteiger partial charge >= 0.3 is 12.4 Å². The quantitative estimate of drug-likeness (QED) is 0.590. The zero-order chi connectivity index (χ0) is 21.7. The molecule has 0 amide bonds. The number of hydrogen-bond acceptors (Lipinski definition) is 3. The maximum Gasteiger partial charge on any atom is 0.408 e. The van der Waals surface area contributed by atoms with E-state index in [0.29, 0.717) is 6.92 Å². The van der Waals surface area contributed by atoms with Crippen LogP contribution >= 0.6 is 11.6 Å². The highest BCUT2D eigenvalue weighted by Crippen LogP contribution is 2.63. The van der Waals surface area contributed by atoms with Crippen LogP contribution in [0.1, 0.15) is 13.8 Å². The smallest absolute Gasteiger partial charge is 0.384 e. The van der Waals surface area contributed by atoms with Gasteiger partial charge in [-0.15, -0.1) is 0 Å². The number of allylic oxidation sites excluding steroid dienone is 3. The van der Waals surface area contributed by atoms with E-state index in [-0.39, 0.29) is 5.69 Å². The number of nitriles is 1. The fourth-order valence-electron chi connectivity index (χ4n) is 3.46. The van der Waals surface area contributed by atoms with Gasteiger partial charge in [0.05, 0.1) is 16.7 Å². The van der Waals surface area contributed by atoms with Crippen molar-refractivity contribution >= 4 is 17.3 Å². The summed E-state index contributed by atoms with van der Waals surface area (Å²) < 4.78 is 96.4. The topological polar surface area (TPSA) is 53.1 Å². The van der Waals surface area contributed by atoms with Crippen LogP contribution < -0.4 is 10.6 Å². The van der Waals surface area contributed by atoms with E-state index in [9.17, 15) is 36.0 Å². The third-order valence-corrected chi connectivity index (χ3v) is 5.00. The van der Waals surface area contributed by atoms with Gasteiger partial charge in [-0.2, -0.15) is 31.6 Å². The fourth-order valence-corrected chi connectivity index (χ4v) is 3.63. The van der Waals surface area contributed by atoms with Gasteiger partial charge in [-0.05, 0) is 25.1 Å². The second-order valence-corrected chi connectivity index (χ2v) is 6.45. The largest absolute Gasteiger partial charge is 0.408 e. The molecule has 1 aromatic rings. The van der Waals surface area contributed by atoms with Gasteiger partial charge in [-0.25, -0.2) is 4.39 Å². The van der Waals surface area contributed by atoms with E-state index < -0.39 is 51.6 Å². The summed E-state index contributed by atoms with van der Waals surface area (Å²) in [6, 6.07) is 3.94. The monoisotopic (exact) mass is 427 g/mol. The Morgan fingerprint density at radius 3 is 2.14 bits per heavy atom. The molecule has 0 spiro atoms. The molecule has 0 radical (unpaired) electrons. The molecule has 152 valence electrons. The minimum Gasteiger partial charge on any atom is -0.384 e. The van der Waals surface area contributed by atoms with E-state index in [1.54, 1.807) is 0 Å². The molecule has 0 saturated carbocycles. The molecular formula is C17H13ClF7N3. The summed E-state index contributed by atoms with van der Waals surface area (Å²) in [7, 11) is 0. The van der Waals surface area contributed by atoms with E-state index in [2.05, 4.69) is 0 Å². The number of alkyl halides is 6. The highest BCUT2D eigenvalue weighted by molar-refractivity contribution is 6.31. The van der Waals surface area contributed by atoms with Crippen molar-refractivity contribution in [3.8, 4) is 6.07 Å². The van der Waals surface area contributed by atoms with Crippen LogP contribution in [0.2, 0.25) is 5.02 Å². The Hall–Kier alpha value is -2.41. The summed E-state index contributed by atoms with van der Waals surface area (Å²) in [6.07, 6.45) is -10.7. The minimum absolute atomic E-state index is 0.0884. The van der Waals surface area contributed by atoms with Crippen molar-refractivity contribution < 1.29 is 30.7 Å². The van der Waals surface area contributed by atoms with E-state index >= 15 is 0 Å². The summed E-state index contributed by atoms with van der Waals surface area (Å²) in [5.74, 6) is -4.17. The molecule has 0 aliphatic carbocycles. The molecule has 2 rings (SSSR count). The third-order valence-electron chi connectivity index (χ3n) is 4.71. The first kappa shape index (κ1) is 21.9. The second-order valence-electron chi connectivity index (χ2n) is 6.04. The van der Waals surface area contributed by atoms with Gasteiger partial charge in [0.2, 0.25) is 5.41 Å². The van der Waals surface area contributed by atoms with Gasteiger partial charge in [-0.3, -0.25) is 4.90 Å². The summed E-state index contributed by atoms with van der Waals surface area (Å²) in [5, 5.41) is 8.82. The van der Waals surface area contributed by atoms with Crippen molar-refractivity contribution in [3.05, 3.63) is 52.2 Å². The minimum atomic E-state index is -5.86. The van der Waals surface area contributed by atoms with E-state index in [1.165, 1.54) is 6.92 Å². The van der Waals surface area contributed by atoms with Crippen molar-refractivity contribution in [2.75, 3.05) is 4.90 Å². The van der Waals surface area contributed by atoms with Gasteiger partial charge in [0.1, 0.15) is 11.6 Å². The number of benzene rings is 1. The molecule has 28 heavy (non-hydrogen) atoms. The van der Waals surface area contributed by atoms with Gasteiger partial charge < -0.3 is 5.73 Å². The van der Waals surface area contributed by atoms with Crippen LogP contribution in [0, 0.1) is 28.5 Å². The number of rotatable bonds is 1. The molecule has 11 heteroatoms. The van der Waals surface area contributed by atoms with Crippen molar-refractivity contribution in [1.82, 2.24) is 0 Å². The number of anilines is 1. The Bertz CT molecular complexity index is 879. The molecule has 1 aromatic carbocycles. The first-order valence-electron chi connectivity index (χ1n) is 7.70. The number of nitrogens with two attached hydrogens (primary N) is 1. The molecule has 2 N–H and O–H groups in total. The molecule has 1 aliphatic heterocycles. The van der Waals surface area contributed by atoms with Crippen LogP contribution in [-0.2, 0) is 0 Å². The van der Waals surface area contributed by atoms with Crippen molar-refractivity contribution in [3.63, 3.8) is 0 Å². The Morgan fingerprint density at radius 2 is 1.75 bits per heavy atom. The molecule has 0 aromatic heterocycles. The first-order valence-corrected chi connectivity index (χ1v) is 8.08. The Morgan fingerprint density at radius 1 is 1.21 bits per heavy atom. The van der Waals surface area contributed by atoms with Gasteiger partial charge in [0.15, 0.2) is 0 Å². The predicted molar refractivity (Wildman–Crippen MR) is 88.2 cm³/mol. The summed E-state index contributed by atoms with van der Waals surface area (Å²) in [4.78, 5) is 0.838. The predicted octanol–water partition coefficient (Wildman–Crippen LogP) is 5.64. The zero-order valence-electron chi connectivity index (χ0n) is 14.4. The zero-order valence-corrected chi connectivity index (χ0v) is 15.1. The van der Waals surface area contributed by atoms with E-state index in [1.807, 2.05) is 0 Å². The molecule has 3 nitrogen and oxygen atoms in total. The third kappa shape index (κ3) is 2.89. The number of hydrogen-bond donors (Lipinski definition) is 1. The van der Waals surface area contributed by atoms with Crippen molar-refractivity contribution in [1.29, 1.82) is 5.26 Å². The van der Waals surface area contributed by atoms with Crippen LogP contribution in [0.25, 0.3) is 0 Å². The second kappa shape index (κ2) is 6.88. The van der Waals surface area contributed by atoms with Gasteiger partial charge in [0, 0.05) is 17.3 Å². The maximum atomic E-state index is 13.8. The van der Waals surface area contributed by atoms with Crippen LogP contribution in [-0.4, -0.2) is 12.4 Å². The van der Waals surface area contributed by atoms with Gasteiger partial charge in [0.25, 0.3) is 0 Å². The summed E-state index contributed by atoms with van der Waals surface area (Å²) >= 11 is 5.68. The fraction of sp³-hybridized carbons (Fsp3) is 0.353.